The number of nitrogens with one attached hydrogen (secondary N) is 2. The molecule has 1 saturated heterocycles. The molecule has 0 bridgehead atoms. The highest BCUT2D eigenvalue weighted by Gasteiger charge is 2.24. The van der Waals surface area contributed by atoms with Gasteiger partial charge in [0.05, 0.1) is 6.61 Å². The number of amides is 3. The van der Waals surface area contributed by atoms with Crippen LogP contribution >= 0.6 is 0 Å². The van der Waals surface area contributed by atoms with Crippen molar-refractivity contribution < 1.29 is 27.9 Å². The molecule has 0 aliphatic carbocycles. The third-order valence-corrected chi connectivity index (χ3v) is 4.75. The fraction of sp³-hybridized carbons (Fsp3) is 0.550. The van der Waals surface area contributed by atoms with Gasteiger partial charge >= 0.3 is 12.0 Å². The minimum atomic E-state index is -0.944. The molecule has 1 aliphatic heterocycles. The highest BCUT2D eigenvalue weighted by atomic mass is 19.2. The van der Waals surface area contributed by atoms with Crippen LogP contribution in [0.5, 0.6) is 0 Å². The molecule has 2 N–H and O–H groups in total. The second kappa shape index (κ2) is 11.3. The molecule has 0 spiro atoms. The molecule has 1 aromatic rings. The van der Waals surface area contributed by atoms with Crippen molar-refractivity contribution in [2.24, 2.45) is 5.92 Å². The molecule has 1 atom stereocenters. The molecule has 1 heterocycles. The van der Waals surface area contributed by atoms with Crippen molar-refractivity contribution in [3.63, 3.8) is 0 Å². The van der Waals surface area contributed by atoms with Crippen molar-refractivity contribution in [1.82, 2.24) is 15.5 Å². The standard InChI is InChI=1S/C20H27F2N3O4/c1-2-29-19(27)12-24-20(28)25-9-3-4-14(13-25)6-8-18(26)23-11-15-5-7-16(21)17(22)10-15/h5,7,10,14H,2-4,6,8-9,11-13H2,1H3,(H,23,26)(H,24,28)/t14-/m1/s1. The summed E-state index contributed by atoms with van der Waals surface area (Å²) in [5, 5.41) is 5.24. The number of hydrogen-bond donors (Lipinski definition) is 2. The average molecular weight is 411 g/mol. The second-order valence-electron chi connectivity index (χ2n) is 6.98. The highest BCUT2D eigenvalue weighted by molar-refractivity contribution is 5.81. The van der Waals surface area contributed by atoms with E-state index in [-0.39, 0.29) is 44.0 Å². The fourth-order valence-electron chi connectivity index (χ4n) is 3.23. The zero-order chi connectivity index (χ0) is 21.2. The fourth-order valence-corrected chi connectivity index (χ4v) is 3.23. The van der Waals surface area contributed by atoms with E-state index >= 15 is 0 Å². The molecule has 1 aromatic carbocycles. The normalized spacial score (nSPS) is 16.2. The summed E-state index contributed by atoms with van der Waals surface area (Å²) in [4.78, 5) is 37.2. The molecule has 1 aliphatic rings. The van der Waals surface area contributed by atoms with E-state index in [0.717, 1.165) is 25.0 Å². The van der Waals surface area contributed by atoms with Gasteiger partial charge in [-0.15, -0.1) is 0 Å². The molecule has 2 rings (SSSR count). The Kier molecular flexibility index (Phi) is 8.82. The zero-order valence-corrected chi connectivity index (χ0v) is 16.5. The Bertz CT molecular complexity index is 730. The third kappa shape index (κ3) is 7.67. The number of carbonyl (C=O) groups is 3. The second-order valence-corrected chi connectivity index (χ2v) is 6.98. The number of nitrogens with zero attached hydrogens (tertiary/aromatic N) is 1. The molecular weight excluding hydrogens is 384 g/mol. The molecule has 0 radical (unpaired) electrons. The van der Waals surface area contributed by atoms with E-state index in [9.17, 15) is 23.2 Å². The summed E-state index contributed by atoms with van der Waals surface area (Å²) in [6.07, 6.45) is 2.64. The van der Waals surface area contributed by atoms with E-state index in [0.29, 0.717) is 25.1 Å². The van der Waals surface area contributed by atoms with Crippen LogP contribution in [0.2, 0.25) is 0 Å². The summed E-state index contributed by atoms with van der Waals surface area (Å²) in [5.74, 6) is -2.34. The first-order chi connectivity index (χ1) is 13.9. The van der Waals surface area contributed by atoms with Crippen molar-refractivity contribution in [2.75, 3.05) is 26.2 Å². The first-order valence-corrected chi connectivity index (χ1v) is 9.78. The lowest BCUT2D eigenvalue weighted by Crippen LogP contribution is -2.47. The van der Waals surface area contributed by atoms with Crippen LogP contribution in [0.4, 0.5) is 13.6 Å². The number of rotatable bonds is 8. The molecule has 0 aromatic heterocycles. The largest absolute Gasteiger partial charge is 0.465 e. The SMILES string of the molecule is CCOC(=O)CNC(=O)N1CCC[C@H](CCC(=O)NCc2ccc(F)c(F)c2)C1. The lowest BCUT2D eigenvalue weighted by molar-refractivity contribution is -0.141. The van der Waals surface area contributed by atoms with E-state index in [1.54, 1.807) is 11.8 Å². The maximum Gasteiger partial charge on any atom is 0.325 e. The molecule has 29 heavy (non-hydrogen) atoms. The lowest BCUT2D eigenvalue weighted by atomic mass is 9.93. The molecule has 0 unspecified atom stereocenters. The van der Waals surface area contributed by atoms with Gasteiger partial charge in [0.25, 0.3) is 0 Å². The molecule has 3 amide bonds. The van der Waals surface area contributed by atoms with Crippen molar-refractivity contribution >= 4 is 17.9 Å². The van der Waals surface area contributed by atoms with Gasteiger partial charge in [-0.3, -0.25) is 9.59 Å². The maximum absolute atomic E-state index is 13.2. The lowest BCUT2D eigenvalue weighted by Gasteiger charge is -2.32. The number of likely N-dealkylation sites (tertiary alicyclic amines) is 1. The van der Waals surface area contributed by atoms with Crippen molar-refractivity contribution in [3.8, 4) is 0 Å². The van der Waals surface area contributed by atoms with Crippen LogP contribution in [-0.4, -0.2) is 49.0 Å². The molecule has 9 heteroatoms. The third-order valence-electron chi connectivity index (χ3n) is 4.75. The predicted molar refractivity (Wildman–Crippen MR) is 102 cm³/mol. The van der Waals surface area contributed by atoms with Crippen LogP contribution in [0.3, 0.4) is 0 Å². The van der Waals surface area contributed by atoms with Gasteiger partial charge in [0.2, 0.25) is 5.91 Å². The smallest absolute Gasteiger partial charge is 0.325 e. The molecule has 160 valence electrons. The number of piperidine rings is 1. The van der Waals surface area contributed by atoms with Gasteiger partial charge in [-0.25, -0.2) is 13.6 Å². The number of carbonyl (C=O) groups excluding carboxylic acids is 3. The number of hydrogen-bond acceptors (Lipinski definition) is 4. The van der Waals surface area contributed by atoms with E-state index in [2.05, 4.69) is 10.6 Å². The number of urea groups is 1. The van der Waals surface area contributed by atoms with Crippen LogP contribution in [0, 0.1) is 17.6 Å². The number of ether oxygens (including phenoxy) is 1. The van der Waals surface area contributed by atoms with Gasteiger partial charge in [-0.1, -0.05) is 6.07 Å². The van der Waals surface area contributed by atoms with Gasteiger partial charge < -0.3 is 20.3 Å². The van der Waals surface area contributed by atoms with Crippen LogP contribution in [0.15, 0.2) is 18.2 Å². The summed E-state index contributed by atoms with van der Waals surface area (Å²) in [6.45, 7) is 3.05. The zero-order valence-electron chi connectivity index (χ0n) is 16.5. The summed E-state index contributed by atoms with van der Waals surface area (Å²) in [5.41, 5.74) is 0.486. The Morgan fingerprint density at radius 2 is 2.00 bits per heavy atom. The van der Waals surface area contributed by atoms with E-state index in [1.165, 1.54) is 6.07 Å². The van der Waals surface area contributed by atoms with Gasteiger partial charge in [-0.05, 0) is 49.8 Å². The number of benzene rings is 1. The average Bonchev–Trinajstić information content (AvgIpc) is 2.71. The van der Waals surface area contributed by atoms with Crippen molar-refractivity contribution in [1.29, 1.82) is 0 Å². The van der Waals surface area contributed by atoms with E-state index in [1.807, 2.05) is 0 Å². The Morgan fingerprint density at radius 3 is 2.72 bits per heavy atom. The first-order valence-electron chi connectivity index (χ1n) is 9.78. The van der Waals surface area contributed by atoms with Crippen LogP contribution in [0.1, 0.15) is 38.2 Å². The predicted octanol–water partition coefficient (Wildman–Crippen LogP) is 2.35. The monoisotopic (exact) mass is 411 g/mol. The van der Waals surface area contributed by atoms with E-state index in [4.69, 9.17) is 4.74 Å². The maximum atomic E-state index is 13.2. The van der Waals surface area contributed by atoms with E-state index < -0.39 is 17.6 Å². The Hall–Kier alpha value is -2.71. The van der Waals surface area contributed by atoms with Gasteiger partial charge in [0, 0.05) is 26.1 Å². The Labute approximate surface area is 168 Å². The van der Waals surface area contributed by atoms with Crippen LogP contribution < -0.4 is 10.6 Å². The summed E-state index contributed by atoms with van der Waals surface area (Å²) < 4.78 is 30.9. The molecule has 7 nitrogen and oxygen atoms in total. The van der Waals surface area contributed by atoms with Gasteiger partial charge in [0.1, 0.15) is 6.54 Å². The first kappa shape index (κ1) is 22.6. The molecule has 1 fully saturated rings. The number of esters is 1. The summed E-state index contributed by atoms with van der Waals surface area (Å²) in [7, 11) is 0. The quantitative estimate of drug-likeness (QED) is 0.643. The minimum absolute atomic E-state index is 0.128. The minimum Gasteiger partial charge on any atom is -0.465 e. The van der Waals surface area contributed by atoms with Crippen molar-refractivity contribution in [3.05, 3.63) is 35.4 Å². The van der Waals surface area contributed by atoms with Gasteiger partial charge in [0.15, 0.2) is 11.6 Å². The highest BCUT2D eigenvalue weighted by Crippen LogP contribution is 2.21. The Balaban J connectivity index is 1.70. The summed E-state index contributed by atoms with van der Waals surface area (Å²) >= 11 is 0. The molecular formula is C20H27F2N3O4. The van der Waals surface area contributed by atoms with Crippen molar-refractivity contribution in [2.45, 2.75) is 39.2 Å². The van der Waals surface area contributed by atoms with Gasteiger partial charge in [-0.2, -0.15) is 0 Å². The number of halogens is 2. The van der Waals surface area contributed by atoms with Crippen LogP contribution in [0.25, 0.3) is 0 Å². The molecule has 0 saturated carbocycles. The van der Waals surface area contributed by atoms with Crippen LogP contribution in [-0.2, 0) is 20.9 Å². The topological polar surface area (TPSA) is 87.7 Å². The summed E-state index contributed by atoms with van der Waals surface area (Å²) in [6, 6.07) is 3.20. The Morgan fingerprint density at radius 1 is 1.21 bits per heavy atom.